The maximum Gasteiger partial charge on any atom is 0.410 e. The molecule has 2 aromatic carbocycles. The zero-order valence-corrected chi connectivity index (χ0v) is 22.1. The van der Waals surface area contributed by atoms with Crippen molar-refractivity contribution in [2.75, 3.05) is 25.0 Å². The van der Waals surface area contributed by atoms with Crippen molar-refractivity contribution in [3.63, 3.8) is 0 Å². The van der Waals surface area contributed by atoms with Gasteiger partial charge in [-0.15, -0.1) is 0 Å². The minimum atomic E-state index is -0.995. The number of pyridine rings is 1. The molecule has 1 aliphatic rings. The summed E-state index contributed by atoms with van der Waals surface area (Å²) in [6.07, 6.45) is 1.52. The fourth-order valence-electron chi connectivity index (χ4n) is 4.65. The number of carbonyl (C=O) groups excluding carboxylic acids is 2. The number of nitrogens with one attached hydrogen (secondary N) is 2. The van der Waals surface area contributed by atoms with Crippen molar-refractivity contribution in [3.8, 4) is 0 Å². The maximum absolute atomic E-state index is 13.0. The van der Waals surface area contributed by atoms with Crippen molar-refractivity contribution in [2.24, 2.45) is 0 Å². The lowest BCUT2D eigenvalue weighted by atomic mass is 10.0. The summed E-state index contributed by atoms with van der Waals surface area (Å²) in [5, 5.41) is 15.3. The number of carboxylic acid groups (broad SMARTS) is 1. The molecule has 1 aromatic heterocycles. The topological polar surface area (TPSA) is 130 Å². The molecule has 0 saturated carbocycles. The van der Waals surface area contributed by atoms with Crippen LogP contribution in [0.4, 0.5) is 10.6 Å². The summed E-state index contributed by atoms with van der Waals surface area (Å²) in [5.41, 5.74) is 1.81. The summed E-state index contributed by atoms with van der Waals surface area (Å²) in [6, 6.07) is 23.6. The van der Waals surface area contributed by atoms with Crippen LogP contribution in [-0.2, 0) is 32.1 Å². The number of carboxylic acids is 1. The molecular formula is C30H34N4O6. The molecule has 1 fully saturated rings. The summed E-state index contributed by atoms with van der Waals surface area (Å²) in [7, 11) is 0. The Morgan fingerprint density at radius 3 is 2.35 bits per heavy atom. The van der Waals surface area contributed by atoms with E-state index in [1.165, 1.54) is 0 Å². The molecule has 10 heteroatoms. The third-order valence-electron chi connectivity index (χ3n) is 6.56. The first-order valence-electron chi connectivity index (χ1n) is 13.2. The highest BCUT2D eigenvalue weighted by molar-refractivity contribution is 5.78. The normalized spacial score (nSPS) is 17.1. The highest BCUT2D eigenvalue weighted by Gasteiger charge is 2.37. The Bertz CT molecular complexity index is 1230. The van der Waals surface area contributed by atoms with E-state index in [2.05, 4.69) is 15.6 Å². The summed E-state index contributed by atoms with van der Waals surface area (Å²) in [5.74, 6) is -0.715. The van der Waals surface area contributed by atoms with Gasteiger partial charge >= 0.3 is 12.1 Å². The molecule has 1 saturated heterocycles. The smallest absolute Gasteiger partial charge is 0.410 e. The Hall–Kier alpha value is -4.44. The van der Waals surface area contributed by atoms with Crippen LogP contribution in [0.2, 0.25) is 0 Å². The van der Waals surface area contributed by atoms with Gasteiger partial charge in [0.05, 0.1) is 25.1 Å². The third kappa shape index (κ3) is 9.09. The van der Waals surface area contributed by atoms with Crippen LogP contribution in [-0.4, -0.2) is 70.8 Å². The summed E-state index contributed by atoms with van der Waals surface area (Å²) in [6.45, 7) is 0.596. The second-order valence-corrected chi connectivity index (χ2v) is 9.66. The molecule has 210 valence electrons. The predicted molar refractivity (Wildman–Crippen MR) is 149 cm³/mol. The largest absolute Gasteiger partial charge is 0.481 e. The number of hydrogen-bond donors (Lipinski definition) is 3. The molecule has 0 aliphatic carbocycles. The fourth-order valence-corrected chi connectivity index (χ4v) is 4.65. The van der Waals surface area contributed by atoms with Crippen LogP contribution in [0.25, 0.3) is 0 Å². The number of benzene rings is 2. The Labute approximate surface area is 233 Å². The van der Waals surface area contributed by atoms with Crippen LogP contribution in [0, 0.1) is 0 Å². The number of ether oxygens (including phenoxy) is 2. The van der Waals surface area contributed by atoms with Gasteiger partial charge in [-0.25, -0.2) is 9.78 Å². The van der Waals surface area contributed by atoms with E-state index < -0.39 is 30.1 Å². The van der Waals surface area contributed by atoms with E-state index in [4.69, 9.17) is 9.47 Å². The Morgan fingerprint density at radius 2 is 1.68 bits per heavy atom. The van der Waals surface area contributed by atoms with Crippen LogP contribution >= 0.6 is 0 Å². The highest BCUT2D eigenvalue weighted by atomic mass is 16.6. The van der Waals surface area contributed by atoms with Gasteiger partial charge in [-0.1, -0.05) is 66.7 Å². The van der Waals surface area contributed by atoms with Crippen molar-refractivity contribution in [1.29, 1.82) is 0 Å². The van der Waals surface area contributed by atoms with Gasteiger partial charge < -0.3 is 30.1 Å². The average molecular weight is 547 g/mol. The van der Waals surface area contributed by atoms with E-state index in [9.17, 15) is 19.5 Å². The van der Waals surface area contributed by atoms with Crippen molar-refractivity contribution in [2.45, 2.75) is 44.1 Å². The summed E-state index contributed by atoms with van der Waals surface area (Å²) < 4.78 is 11.5. The van der Waals surface area contributed by atoms with Crippen LogP contribution < -0.4 is 10.6 Å². The van der Waals surface area contributed by atoms with Crippen molar-refractivity contribution in [3.05, 3.63) is 96.2 Å². The van der Waals surface area contributed by atoms with Crippen LogP contribution in [0.3, 0.4) is 0 Å². The lowest BCUT2D eigenvalue weighted by Gasteiger charge is -2.24. The molecule has 10 nitrogen and oxygen atoms in total. The number of nitrogens with zero attached hydrogens (tertiary/aromatic N) is 2. The van der Waals surface area contributed by atoms with Crippen LogP contribution in [0.5, 0.6) is 0 Å². The molecule has 3 N–H and O–H groups in total. The van der Waals surface area contributed by atoms with E-state index in [0.29, 0.717) is 25.2 Å². The minimum Gasteiger partial charge on any atom is -0.481 e. The van der Waals surface area contributed by atoms with Crippen molar-refractivity contribution < 1.29 is 29.0 Å². The van der Waals surface area contributed by atoms with Gasteiger partial charge in [-0.05, 0) is 36.1 Å². The van der Waals surface area contributed by atoms with Gasteiger partial charge in [0.2, 0.25) is 5.91 Å². The minimum absolute atomic E-state index is 0.150. The van der Waals surface area contributed by atoms with E-state index in [1.54, 1.807) is 11.1 Å². The fraction of sp³-hybridized carbons (Fsp3) is 0.333. The summed E-state index contributed by atoms with van der Waals surface area (Å²) in [4.78, 5) is 42.9. The van der Waals surface area contributed by atoms with Crippen LogP contribution in [0.15, 0.2) is 85.1 Å². The first kappa shape index (κ1) is 28.6. The SMILES string of the molecule is O=C(O)C[C@H](Cc1ccccc1)NC(=O)CO[C@@H]1C[C@@H](CNc2ccccn2)N(C(=O)OCc2ccccc2)C1. The number of aliphatic carboxylic acids is 1. The third-order valence-corrected chi connectivity index (χ3v) is 6.56. The Balaban J connectivity index is 1.32. The quantitative estimate of drug-likeness (QED) is 0.297. The Morgan fingerprint density at radius 1 is 0.975 bits per heavy atom. The number of amides is 2. The molecule has 3 atom stereocenters. The van der Waals surface area contributed by atoms with Gasteiger partial charge in [0.15, 0.2) is 0 Å². The second-order valence-electron chi connectivity index (χ2n) is 9.66. The predicted octanol–water partition coefficient (Wildman–Crippen LogP) is 3.49. The Kier molecular flexibility index (Phi) is 10.5. The van der Waals surface area contributed by atoms with E-state index in [0.717, 1.165) is 11.1 Å². The molecule has 2 heterocycles. The average Bonchev–Trinajstić information content (AvgIpc) is 3.38. The van der Waals surface area contributed by atoms with E-state index >= 15 is 0 Å². The van der Waals surface area contributed by atoms with Gasteiger partial charge in [0.1, 0.15) is 19.0 Å². The van der Waals surface area contributed by atoms with E-state index in [-0.39, 0.29) is 32.2 Å². The highest BCUT2D eigenvalue weighted by Crippen LogP contribution is 2.22. The standard InChI is InChI=1S/C30H34N4O6/c35-28(33-24(16-29(36)37)15-22-9-3-1-4-10-22)21-39-26-17-25(18-32-27-13-7-8-14-31-27)34(19-26)30(38)40-20-23-11-5-2-6-12-23/h1-14,24-26H,15-21H2,(H,31,32)(H,33,35)(H,36,37)/t24-,25-,26+/m0/s1. The molecule has 1 aliphatic heterocycles. The number of likely N-dealkylation sites (tertiary alicyclic amines) is 1. The molecule has 0 radical (unpaired) electrons. The monoisotopic (exact) mass is 546 g/mol. The lowest BCUT2D eigenvalue weighted by molar-refractivity contribution is -0.138. The molecule has 3 aromatic rings. The molecular weight excluding hydrogens is 512 g/mol. The van der Waals surface area contributed by atoms with Gasteiger partial charge in [-0.3, -0.25) is 9.59 Å². The number of anilines is 1. The first-order valence-corrected chi connectivity index (χ1v) is 13.2. The second kappa shape index (κ2) is 14.6. The molecule has 4 rings (SSSR count). The van der Waals surface area contributed by atoms with Gasteiger partial charge in [-0.2, -0.15) is 0 Å². The molecule has 0 unspecified atom stereocenters. The molecule has 40 heavy (non-hydrogen) atoms. The maximum atomic E-state index is 13.0. The molecule has 0 spiro atoms. The molecule has 2 amide bonds. The number of hydrogen-bond acceptors (Lipinski definition) is 7. The zero-order chi connectivity index (χ0) is 28.2. The van der Waals surface area contributed by atoms with Crippen molar-refractivity contribution in [1.82, 2.24) is 15.2 Å². The van der Waals surface area contributed by atoms with Crippen LogP contribution in [0.1, 0.15) is 24.0 Å². The first-order chi connectivity index (χ1) is 19.5. The molecule has 0 bridgehead atoms. The van der Waals surface area contributed by atoms with Gasteiger partial charge in [0.25, 0.3) is 0 Å². The van der Waals surface area contributed by atoms with Crippen molar-refractivity contribution >= 4 is 23.8 Å². The number of aromatic nitrogens is 1. The zero-order valence-electron chi connectivity index (χ0n) is 22.1. The number of rotatable bonds is 13. The van der Waals surface area contributed by atoms with E-state index in [1.807, 2.05) is 78.9 Å². The lowest BCUT2D eigenvalue weighted by Crippen LogP contribution is -2.41. The van der Waals surface area contributed by atoms with Gasteiger partial charge in [0, 0.05) is 18.8 Å². The number of carbonyl (C=O) groups is 3. The summed E-state index contributed by atoms with van der Waals surface area (Å²) >= 11 is 0.